The fourth-order valence-corrected chi connectivity index (χ4v) is 3.70. The van der Waals surface area contributed by atoms with Crippen LogP contribution in [0.3, 0.4) is 0 Å². The van der Waals surface area contributed by atoms with Crippen molar-refractivity contribution in [3.63, 3.8) is 0 Å². The topological polar surface area (TPSA) is 52.7 Å². The van der Waals surface area contributed by atoms with Crippen LogP contribution in [0.2, 0.25) is 10.2 Å². The molecule has 5 nitrogen and oxygen atoms in total. The van der Waals surface area contributed by atoms with Crippen molar-refractivity contribution in [2.24, 2.45) is 0 Å². The molecular formula is C19H17Cl2F3N4O. The highest BCUT2D eigenvalue weighted by atomic mass is 35.5. The smallest absolute Gasteiger partial charge is 0.277 e. The van der Waals surface area contributed by atoms with Crippen molar-refractivity contribution in [2.75, 3.05) is 0 Å². The number of halogens is 5. The Morgan fingerprint density at radius 2 is 1.90 bits per heavy atom. The van der Waals surface area contributed by atoms with Crippen LogP contribution >= 0.6 is 23.2 Å². The zero-order valence-corrected chi connectivity index (χ0v) is 17.3. The Morgan fingerprint density at radius 3 is 2.52 bits per heavy atom. The molecule has 0 amide bonds. The van der Waals surface area contributed by atoms with E-state index in [1.54, 1.807) is 19.9 Å². The summed E-state index contributed by atoms with van der Waals surface area (Å²) in [6, 6.07) is 1.68. The van der Waals surface area contributed by atoms with Crippen molar-refractivity contribution >= 4 is 23.2 Å². The van der Waals surface area contributed by atoms with Gasteiger partial charge in [-0.2, -0.15) is 13.9 Å². The Labute approximate surface area is 174 Å². The Morgan fingerprint density at radius 1 is 1.21 bits per heavy atom. The van der Waals surface area contributed by atoms with Gasteiger partial charge in [0, 0.05) is 18.1 Å². The minimum absolute atomic E-state index is 0.00758. The average Bonchev–Trinajstić information content (AvgIpc) is 3.13. The van der Waals surface area contributed by atoms with Crippen molar-refractivity contribution in [2.45, 2.75) is 39.7 Å². The molecule has 3 rings (SSSR count). The van der Waals surface area contributed by atoms with E-state index in [0.717, 1.165) is 4.57 Å². The van der Waals surface area contributed by atoms with Gasteiger partial charge < -0.3 is 0 Å². The molecule has 0 aliphatic rings. The molecule has 0 saturated heterocycles. The minimum atomic E-state index is -2.72. The Bertz CT molecular complexity index is 1130. The fourth-order valence-electron chi connectivity index (χ4n) is 3.24. The summed E-state index contributed by atoms with van der Waals surface area (Å²) in [4.78, 5) is 16.7. The molecule has 154 valence electrons. The first-order valence-electron chi connectivity index (χ1n) is 8.66. The highest BCUT2D eigenvalue weighted by molar-refractivity contribution is 6.31. The predicted octanol–water partition coefficient (Wildman–Crippen LogP) is 5.23. The second-order valence-electron chi connectivity index (χ2n) is 6.80. The van der Waals surface area contributed by atoms with Crippen molar-refractivity contribution < 1.29 is 13.2 Å². The van der Waals surface area contributed by atoms with E-state index >= 15 is 0 Å². The summed E-state index contributed by atoms with van der Waals surface area (Å²) in [5.74, 6) is -1.07. The van der Waals surface area contributed by atoms with Crippen LogP contribution < -0.4 is 5.56 Å². The molecule has 3 aromatic heterocycles. The zero-order chi connectivity index (χ0) is 21.5. The summed E-state index contributed by atoms with van der Waals surface area (Å²) >= 11 is 12.1. The molecule has 10 heteroatoms. The minimum Gasteiger partial charge on any atom is -0.277 e. The van der Waals surface area contributed by atoms with Crippen LogP contribution in [0.1, 0.15) is 41.8 Å². The molecule has 0 bridgehead atoms. The lowest BCUT2D eigenvalue weighted by Crippen LogP contribution is -2.25. The van der Waals surface area contributed by atoms with Gasteiger partial charge in [0.05, 0.1) is 11.9 Å². The molecule has 0 saturated carbocycles. The number of nitrogens with zero attached hydrogens (tertiary/aromatic N) is 4. The second-order valence-corrected chi connectivity index (χ2v) is 7.54. The summed E-state index contributed by atoms with van der Waals surface area (Å²) < 4.78 is 41.7. The van der Waals surface area contributed by atoms with Gasteiger partial charge in [0.2, 0.25) is 0 Å². The molecule has 0 fully saturated rings. The first-order valence-corrected chi connectivity index (χ1v) is 9.41. The standard InChI is InChI=1S/C19H17Cl2F3N4O/c1-9(4-12-7-26-27(8-12)19(23)24)13-5-11(3)28(18(29)14(13)20)16-10(2)6-25-17(21)15(16)22/h5-9,19H,4H2,1-3H3/t9-/m1/s1. The van der Waals surface area contributed by atoms with E-state index in [1.165, 1.54) is 18.6 Å². The molecule has 1 atom stereocenters. The van der Waals surface area contributed by atoms with Gasteiger partial charge in [0.25, 0.3) is 5.56 Å². The van der Waals surface area contributed by atoms with E-state index in [4.69, 9.17) is 23.2 Å². The van der Waals surface area contributed by atoms with Crippen LogP contribution in [0, 0.1) is 19.7 Å². The SMILES string of the molecule is Cc1cnc(Cl)c(F)c1-n1c(C)cc([C@H](C)Cc2cnn(C(F)F)c2)c(Cl)c1=O. The third kappa shape index (κ3) is 4.04. The van der Waals surface area contributed by atoms with E-state index < -0.39 is 17.9 Å². The largest absolute Gasteiger partial charge is 0.333 e. The lowest BCUT2D eigenvalue weighted by Gasteiger charge is -2.19. The fraction of sp³-hybridized carbons (Fsp3) is 0.316. The summed E-state index contributed by atoms with van der Waals surface area (Å²) in [5.41, 5.74) is 1.39. The maximum atomic E-state index is 14.6. The number of aryl methyl sites for hydroxylation is 2. The summed E-state index contributed by atoms with van der Waals surface area (Å²) in [5, 5.41) is 3.19. The van der Waals surface area contributed by atoms with Gasteiger partial charge in [-0.25, -0.2) is 14.1 Å². The van der Waals surface area contributed by atoms with Crippen molar-refractivity contribution in [3.8, 4) is 5.69 Å². The Hall–Kier alpha value is -2.32. The van der Waals surface area contributed by atoms with E-state index in [-0.39, 0.29) is 21.8 Å². The molecule has 0 aliphatic heterocycles. The Kier molecular flexibility index (Phi) is 6.05. The van der Waals surface area contributed by atoms with Gasteiger partial charge in [-0.15, -0.1) is 0 Å². The molecule has 0 radical (unpaired) electrons. The van der Waals surface area contributed by atoms with Crippen molar-refractivity contribution in [1.29, 1.82) is 0 Å². The van der Waals surface area contributed by atoms with Gasteiger partial charge in [-0.05, 0) is 48.9 Å². The number of aromatic nitrogens is 4. The molecule has 0 N–H and O–H groups in total. The number of pyridine rings is 2. The van der Waals surface area contributed by atoms with Gasteiger partial charge >= 0.3 is 6.55 Å². The third-order valence-electron chi connectivity index (χ3n) is 4.65. The molecule has 3 aromatic rings. The van der Waals surface area contributed by atoms with Gasteiger partial charge in [0.15, 0.2) is 11.0 Å². The summed E-state index contributed by atoms with van der Waals surface area (Å²) in [7, 11) is 0. The molecule has 0 spiro atoms. The molecule has 3 heterocycles. The highest BCUT2D eigenvalue weighted by Gasteiger charge is 2.22. The van der Waals surface area contributed by atoms with Crippen molar-refractivity contribution in [1.82, 2.24) is 19.3 Å². The number of hydrogen-bond acceptors (Lipinski definition) is 3. The van der Waals surface area contributed by atoms with Crippen LogP contribution in [0.25, 0.3) is 5.69 Å². The molecule has 0 aliphatic carbocycles. The first-order chi connectivity index (χ1) is 13.6. The van der Waals surface area contributed by atoms with Crippen molar-refractivity contribution in [3.05, 3.63) is 73.4 Å². The van der Waals surface area contributed by atoms with Crippen LogP contribution in [-0.2, 0) is 6.42 Å². The van der Waals surface area contributed by atoms with E-state index in [1.807, 2.05) is 6.92 Å². The van der Waals surface area contributed by atoms with Gasteiger partial charge in [-0.1, -0.05) is 30.1 Å². The van der Waals surface area contributed by atoms with E-state index in [9.17, 15) is 18.0 Å². The normalized spacial score (nSPS) is 12.6. The number of rotatable bonds is 5. The average molecular weight is 445 g/mol. The lowest BCUT2D eigenvalue weighted by molar-refractivity contribution is 0.0565. The molecule has 29 heavy (non-hydrogen) atoms. The Balaban J connectivity index is 2.04. The third-order valence-corrected chi connectivity index (χ3v) is 5.29. The predicted molar refractivity (Wildman–Crippen MR) is 105 cm³/mol. The maximum Gasteiger partial charge on any atom is 0.333 e. The second kappa shape index (κ2) is 8.20. The first kappa shape index (κ1) is 21.4. The van der Waals surface area contributed by atoms with Gasteiger partial charge in [0.1, 0.15) is 5.02 Å². The number of alkyl halides is 2. The maximum absolute atomic E-state index is 14.6. The summed E-state index contributed by atoms with van der Waals surface area (Å²) in [6.45, 7) is 2.35. The quantitative estimate of drug-likeness (QED) is 0.506. The number of hydrogen-bond donors (Lipinski definition) is 0. The monoisotopic (exact) mass is 444 g/mol. The van der Waals surface area contributed by atoms with Crippen LogP contribution in [0.15, 0.2) is 29.5 Å². The van der Waals surface area contributed by atoms with Crippen LogP contribution in [-0.4, -0.2) is 19.3 Å². The van der Waals surface area contributed by atoms with Crippen LogP contribution in [0.5, 0.6) is 0 Å². The van der Waals surface area contributed by atoms with E-state index in [2.05, 4.69) is 10.1 Å². The molecular weight excluding hydrogens is 428 g/mol. The molecule has 0 unspecified atom stereocenters. The van der Waals surface area contributed by atoms with Gasteiger partial charge in [-0.3, -0.25) is 9.36 Å². The van der Waals surface area contributed by atoms with E-state index in [0.29, 0.717) is 33.5 Å². The van der Waals surface area contributed by atoms with Crippen LogP contribution in [0.4, 0.5) is 13.2 Å². The zero-order valence-electron chi connectivity index (χ0n) is 15.8. The lowest BCUT2D eigenvalue weighted by atomic mass is 9.95. The highest BCUT2D eigenvalue weighted by Crippen LogP contribution is 2.29. The molecule has 0 aromatic carbocycles. The summed E-state index contributed by atoms with van der Waals surface area (Å²) in [6.07, 6.45) is 4.32.